The summed E-state index contributed by atoms with van der Waals surface area (Å²) in [5, 5.41) is 6.90. The molecule has 1 saturated heterocycles. The highest BCUT2D eigenvalue weighted by Gasteiger charge is 2.33. The Morgan fingerprint density at radius 1 is 1.35 bits per heavy atom. The standard InChI is InChI=1S/C18H27BrN4/c1-3-20-18(22-17-10-13(17)2)21-11-14-8-9-23(12-14)16-6-4-15(19)5-7-16/h4-7,13-14,17H,3,8-12H2,1-2H3,(H2,20,21,22). The zero-order chi connectivity index (χ0) is 16.2. The number of hydrogen-bond acceptors (Lipinski definition) is 2. The van der Waals surface area contributed by atoms with Crippen LogP contribution >= 0.6 is 15.9 Å². The number of anilines is 1. The average molecular weight is 379 g/mol. The highest BCUT2D eigenvalue weighted by Crippen LogP contribution is 2.29. The highest BCUT2D eigenvalue weighted by molar-refractivity contribution is 9.10. The van der Waals surface area contributed by atoms with Gasteiger partial charge in [0.1, 0.15) is 0 Å². The number of benzene rings is 1. The summed E-state index contributed by atoms with van der Waals surface area (Å²) in [4.78, 5) is 7.28. The van der Waals surface area contributed by atoms with E-state index < -0.39 is 0 Å². The molecule has 0 aromatic heterocycles. The molecule has 1 aromatic carbocycles. The molecule has 2 aliphatic rings. The Bertz CT molecular complexity index is 542. The number of guanidine groups is 1. The van der Waals surface area contributed by atoms with Crippen LogP contribution in [0.3, 0.4) is 0 Å². The molecular formula is C18H27BrN4. The molecule has 1 heterocycles. The summed E-state index contributed by atoms with van der Waals surface area (Å²) in [6.45, 7) is 8.47. The lowest BCUT2D eigenvalue weighted by Crippen LogP contribution is -2.39. The SMILES string of the molecule is CCNC(=NCC1CCN(c2ccc(Br)cc2)C1)NC1CC1C. The summed E-state index contributed by atoms with van der Waals surface area (Å²) in [7, 11) is 0. The minimum absolute atomic E-state index is 0.621. The molecule has 1 aliphatic carbocycles. The van der Waals surface area contributed by atoms with Crippen LogP contribution in [0.4, 0.5) is 5.69 Å². The second kappa shape index (κ2) is 7.56. The number of nitrogens with zero attached hydrogens (tertiary/aromatic N) is 2. The third-order valence-corrected chi connectivity index (χ3v) is 5.29. The fraction of sp³-hybridized carbons (Fsp3) is 0.611. The van der Waals surface area contributed by atoms with E-state index in [2.05, 4.69) is 69.6 Å². The molecule has 1 aliphatic heterocycles. The van der Waals surface area contributed by atoms with Gasteiger partial charge < -0.3 is 15.5 Å². The van der Waals surface area contributed by atoms with E-state index in [1.807, 2.05) is 0 Å². The fourth-order valence-corrected chi connectivity index (χ4v) is 3.37. The molecule has 2 N–H and O–H groups in total. The van der Waals surface area contributed by atoms with Gasteiger partial charge in [-0.25, -0.2) is 0 Å². The van der Waals surface area contributed by atoms with Crippen LogP contribution in [0, 0.1) is 11.8 Å². The van der Waals surface area contributed by atoms with Gasteiger partial charge in [0.15, 0.2) is 5.96 Å². The first-order valence-corrected chi connectivity index (χ1v) is 9.50. The minimum Gasteiger partial charge on any atom is -0.371 e. The number of rotatable bonds is 5. The summed E-state index contributed by atoms with van der Waals surface area (Å²) in [6, 6.07) is 9.23. The first-order chi connectivity index (χ1) is 11.2. The van der Waals surface area contributed by atoms with Gasteiger partial charge in [-0.1, -0.05) is 22.9 Å². The third kappa shape index (κ3) is 4.63. The van der Waals surface area contributed by atoms with Gasteiger partial charge in [0.2, 0.25) is 0 Å². The number of halogens is 1. The van der Waals surface area contributed by atoms with Crippen LogP contribution in [-0.2, 0) is 0 Å². The number of nitrogens with one attached hydrogen (secondary N) is 2. The van der Waals surface area contributed by atoms with Gasteiger partial charge >= 0.3 is 0 Å². The Hall–Kier alpha value is -1.23. The Labute approximate surface area is 147 Å². The first-order valence-electron chi connectivity index (χ1n) is 8.71. The molecule has 3 atom stereocenters. The summed E-state index contributed by atoms with van der Waals surface area (Å²) in [5.41, 5.74) is 1.32. The van der Waals surface area contributed by atoms with Gasteiger partial charge in [0.05, 0.1) is 0 Å². The van der Waals surface area contributed by atoms with Crippen molar-refractivity contribution in [3.05, 3.63) is 28.7 Å². The predicted molar refractivity (Wildman–Crippen MR) is 101 cm³/mol. The first kappa shape index (κ1) is 16.6. The van der Waals surface area contributed by atoms with Crippen LogP contribution in [0.15, 0.2) is 33.7 Å². The van der Waals surface area contributed by atoms with Crippen LogP contribution in [0.1, 0.15) is 26.7 Å². The molecule has 1 saturated carbocycles. The molecule has 5 heteroatoms. The lowest BCUT2D eigenvalue weighted by molar-refractivity contribution is 0.598. The topological polar surface area (TPSA) is 39.7 Å². The van der Waals surface area contributed by atoms with Crippen LogP contribution in [-0.4, -0.2) is 38.2 Å². The second-order valence-electron chi connectivity index (χ2n) is 6.76. The smallest absolute Gasteiger partial charge is 0.191 e. The maximum absolute atomic E-state index is 4.81. The Morgan fingerprint density at radius 2 is 2.09 bits per heavy atom. The van der Waals surface area contributed by atoms with E-state index in [1.54, 1.807) is 0 Å². The molecule has 3 unspecified atom stereocenters. The summed E-state index contributed by atoms with van der Waals surface area (Å²) in [6.07, 6.45) is 2.49. The maximum Gasteiger partial charge on any atom is 0.191 e. The highest BCUT2D eigenvalue weighted by atomic mass is 79.9. The summed E-state index contributed by atoms with van der Waals surface area (Å²) >= 11 is 3.50. The van der Waals surface area contributed by atoms with E-state index in [-0.39, 0.29) is 0 Å². The molecule has 0 radical (unpaired) electrons. The van der Waals surface area contributed by atoms with Gasteiger partial charge in [-0.3, -0.25) is 4.99 Å². The zero-order valence-corrected chi connectivity index (χ0v) is 15.6. The van der Waals surface area contributed by atoms with Crippen LogP contribution in [0.25, 0.3) is 0 Å². The van der Waals surface area contributed by atoms with Crippen molar-refractivity contribution in [1.82, 2.24) is 10.6 Å². The van der Waals surface area contributed by atoms with E-state index in [4.69, 9.17) is 4.99 Å². The minimum atomic E-state index is 0.621. The van der Waals surface area contributed by atoms with Crippen LogP contribution in [0.5, 0.6) is 0 Å². The Morgan fingerprint density at radius 3 is 2.74 bits per heavy atom. The molecule has 126 valence electrons. The molecule has 0 spiro atoms. The van der Waals surface area contributed by atoms with Gasteiger partial charge in [0.25, 0.3) is 0 Å². The molecule has 1 aromatic rings. The van der Waals surface area contributed by atoms with E-state index in [9.17, 15) is 0 Å². The van der Waals surface area contributed by atoms with Crippen molar-refractivity contribution in [2.75, 3.05) is 31.1 Å². The molecule has 4 nitrogen and oxygen atoms in total. The van der Waals surface area contributed by atoms with Gasteiger partial charge in [-0.2, -0.15) is 0 Å². The van der Waals surface area contributed by atoms with Crippen molar-refractivity contribution in [1.29, 1.82) is 0 Å². The lowest BCUT2D eigenvalue weighted by Gasteiger charge is -2.18. The maximum atomic E-state index is 4.81. The quantitative estimate of drug-likeness (QED) is 0.610. The van der Waals surface area contributed by atoms with E-state index >= 15 is 0 Å². The van der Waals surface area contributed by atoms with E-state index in [0.717, 1.165) is 42.5 Å². The van der Waals surface area contributed by atoms with Crippen molar-refractivity contribution >= 4 is 27.6 Å². The van der Waals surface area contributed by atoms with Crippen molar-refractivity contribution in [2.45, 2.75) is 32.7 Å². The van der Waals surface area contributed by atoms with Crippen LogP contribution in [0.2, 0.25) is 0 Å². The summed E-state index contributed by atoms with van der Waals surface area (Å²) in [5.74, 6) is 2.42. The molecule has 0 bridgehead atoms. The number of aliphatic imine (C=N–C) groups is 1. The Kier molecular flexibility index (Phi) is 5.46. The third-order valence-electron chi connectivity index (χ3n) is 4.76. The predicted octanol–water partition coefficient (Wildman–Crippen LogP) is 3.24. The molecule has 2 fully saturated rings. The van der Waals surface area contributed by atoms with E-state index in [1.165, 1.54) is 18.5 Å². The van der Waals surface area contributed by atoms with Gasteiger partial charge in [-0.15, -0.1) is 0 Å². The fourth-order valence-electron chi connectivity index (χ4n) is 3.11. The molecule has 23 heavy (non-hydrogen) atoms. The normalized spacial score (nSPS) is 27.2. The van der Waals surface area contributed by atoms with Crippen molar-refractivity contribution < 1.29 is 0 Å². The largest absolute Gasteiger partial charge is 0.371 e. The molecular weight excluding hydrogens is 352 g/mol. The average Bonchev–Trinajstić information content (AvgIpc) is 3.04. The lowest BCUT2D eigenvalue weighted by atomic mass is 10.1. The second-order valence-corrected chi connectivity index (χ2v) is 7.68. The molecule has 0 amide bonds. The van der Waals surface area contributed by atoms with Gasteiger partial charge in [0, 0.05) is 42.4 Å². The zero-order valence-electron chi connectivity index (χ0n) is 14.1. The number of hydrogen-bond donors (Lipinski definition) is 2. The molecule has 3 rings (SSSR count). The van der Waals surface area contributed by atoms with Gasteiger partial charge in [-0.05, 0) is 55.9 Å². The van der Waals surface area contributed by atoms with Crippen molar-refractivity contribution in [3.63, 3.8) is 0 Å². The monoisotopic (exact) mass is 378 g/mol. The van der Waals surface area contributed by atoms with Crippen molar-refractivity contribution in [3.8, 4) is 0 Å². The summed E-state index contributed by atoms with van der Waals surface area (Å²) < 4.78 is 1.14. The van der Waals surface area contributed by atoms with Crippen molar-refractivity contribution in [2.24, 2.45) is 16.8 Å². The Balaban J connectivity index is 1.51. The van der Waals surface area contributed by atoms with Crippen LogP contribution < -0.4 is 15.5 Å². The van der Waals surface area contributed by atoms with E-state index in [0.29, 0.717) is 12.0 Å².